The second-order valence-corrected chi connectivity index (χ2v) is 4.62. The number of carbonyl (C=O) groups is 2. The van der Waals surface area contributed by atoms with Crippen molar-refractivity contribution in [1.29, 1.82) is 0 Å². The van der Waals surface area contributed by atoms with Crippen molar-refractivity contribution in [2.45, 2.75) is 19.5 Å². The molecule has 0 aliphatic heterocycles. The number of aliphatic imine (C=N–C) groups is 1. The molecule has 0 aliphatic carbocycles. The number of carbonyl (C=O) groups excluding carboxylic acids is 1. The van der Waals surface area contributed by atoms with Crippen molar-refractivity contribution in [3.05, 3.63) is 35.9 Å². The fraction of sp³-hybridized carbons (Fsp3) is 0.357. The van der Waals surface area contributed by atoms with Crippen LogP contribution in [0.15, 0.2) is 35.3 Å². The second-order valence-electron chi connectivity index (χ2n) is 4.62. The Morgan fingerprint density at radius 2 is 1.90 bits per heavy atom. The fourth-order valence-corrected chi connectivity index (χ4v) is 1.56. The first-order valence-electron chi connectivity index (χ1n) is 6.19. The lowest BCUT2D eigenvalue weighted by atomic mass is 10.2. The van der Waals surface area contributed by atoms with Gasteiger partial charge < -0.3 is 10.0 Å². The summed E-state index contributed by atoms with van der Waals surface area (Å²) in [6.45, 7) is 1.69. The van der Waals surface area contributed by atoms with Gasteiger partial charge in [0.1, 0.15) is 6.04 Å². The Labute approximate surface area is 118 Å². The van der Waals surface area contributed by atoms with Crippen molar-refractivity contribution in [1.82, 2.24) is 9.80 Å². The van der Waals surface area contributed by atoms with E-state index >= 15 is 0 Å². The highest BCUT2D eigenvalue weighted by atomic mass is 16.4. The number of rotatable bonds is 5. The number of carboxylic acid groups (broad SMARTS) is 1. The predicted octanol–water partition coefficient (Wildman–Crippen LogP) is 1.67. The van der Waals surface area contributed by atoms with Gasteiger partial charge in [-0.25, -0.2) is 9.79 Å². The Bertz CT molecular complexity index is 486. The number of hydrogen-bond donors (Lipinski definition) is 1. The van der Waals surface area contributed by atoms with Gasteiger partial charge in [-0.1, -0.05) is 30.3 Å². The van der Waals surface area contributed by atoms with E-state index in [1.54, 1.807) is 19.0 Å². The molecular weight excluding hydrogens is 258 g/mol. The van der Waals surface area contributed by atoms with E-state index in [-0.39, 0.29) is 6.54 Å². The lowest BCUT2D eigenvalue weighted by Gasteiger charge is -2.24. The van der Waals surface area contributed by atoms with Gasteiger partial charge in [0.2, 0.25) is 0 Å². The zero-order valence-corrected chi connectivity index (χ0v) is 11.9. The maximum Gasteiger partial charge on any atom is 0.408 e. The van der Waals surface area contributed by atoms with Gasteiger partial charge in [0, 0.05) is 20.6 Å². The summed E-state index contributed by atoms with van der Waals surface area (Å²) >= 11 is 0. The molecule has 0 radical (unpaired) electrons. The van der Waals surface area contributed by atoms with Gasteiger partial charge in [-0.3, -0.25) is 9.69 Å². The normalized spacial score (nSPS) is 12.2. The van der Waals surface area contributed by atoms with E-state index in [0.717, 1.165) is 10.5 Å². The smallest absolute Gasteiger partial charge is 0.408 e. The molecule has 2 amide bonds. The van der Waals surface area contributed by atoms with Crippen molar-refractivity contribution in [2.24, 2.45) is 4.99 Å². The molecule has 1 N–H and O–H groups in total. The first-order valence-corrected chi connectivity index (χ1v) is 6.19. The molecule has 0 spiro atoms. The molecule has 0 bridgehead atoms. The van der Waals surface area contributed by atoms with Crippen LogP contribution in [0.5, 0.6) is 0 Å². The minimum Gasteiger partial charge on any atom is -0.465 e. The van der Waals surface area contributed by atoms with E-state index in [9.17, 15) is 14.7 Å². The molecule has 1 aromatic rings. The summed E-state index contributed by atoms with van der Waals surface area (Å²) in [5, 5.41) is 9.24. The van der Waals surface area contributed by atoms with Crippen molar-refractivity contribution in [3.63, 3.8) is 0 Å². The lowest BCUT2D eigenvalue weighted by molar-refractivity contribution is -0.122. The van der Waals surface area contributed by atoms with Crippen LogP contribution in [0.3, 0.4) is 0 Å². The minimum atomic E-state index is -1.14. The van der Waals surface area contributed by atoms with E-state index in [1.807, 2.05) is 30.3 Å². The van der Waals surface area contributed by atoms with Gasteiger partial charge >= 0.3 is 6.09 Å². The van der Waals surface area contributed by atoms with E-state index < -0.39 is 18.0 Å². The molecule has 0 aromatic heterocycles. The lowest BCUT2D eigenvalue weighted by Crippen LogP contribution is -2.41. The molecule has 1 atom stereocenters. The first kappa shape index (κ1) is 15.7. The van der Waals surface area contributed by atoms with Gasteiger partial charge in [-0.2, -0.15) is 0 Å². The summed E-state index contributed by atoms with van der Waals surface area (Å²) in [5.74, 6) is -0.489. The fourth-order valence-electron chi connectivity index (χ4n) is 1.56. The third-order valence-electron chi connectivity index (χ3n) is 2.68. The van der Waals surface area contributed by atoms with Gasteiger partial charge in [0.25, 0.3) is 5.91 Å². The number of nitrogens with zero attached hydrogens (tertiary/aromatic N) is 3. The Morgan fingerprint density at radius 3 is 2.40 bits per heavy atom. The minimum absolute atomic E-state index is 0.153. The molecule has 0 fully saturated rings. The Kier molecular flexibility index (Phi) is 5.71. The van der Waals surface area contributed by atoms with Crippen LogP contribution >= 0.6 is 0 Å². The quantitative estimate of drug-likeness (QED) is 0.656. The molecule has 0 heterocycles. The summed E-state index contributed by atoms with van der Waals surface area (Å²) in [5.41, 5.74) is 0.825. The van der Waals surface area contributed by atoms with Gasteiger partial charge in [-0.05, 0) is 12.5 Å². The van der Waals surface area contributed by atoms with Gasteiger partial charge in [0.15, 0.2) is 0 Å². The molecule has 0 saturated heterocycles. The van der Waals surface area contributed by atoms with E-state index in [2.05, 4.69) is 4.99 Å². The molecule has 108 valence electrons. The SMILES string of the molecule is C[C@@H](C(=O)/N=C/N(C)C)N(Cc1ccccc1)C(=O)O. The topological polar surface area (TPSA) is 73.2 Å². The second kappa shape index (κ2) is 7.28. The third-order valence-corrected chi connectivity index (χ3v) is 2.68. The Balaban J connectivity index is 2.80. The largest absolute Gasteiger partial charge is 0.465 e. The van der Waals surface area contributed by atoms with E-state index in [1.165, 1.54) is 13.3 Å². The average molecular weight is 277 g/mol. The van der Waals surface area contributed by atoms with E-state index in [0.29, 0.717) is 0 Å². The average Bonchev–Trinajstić information content (AvgIpc) is 2.42. The molecule has 0 aliphatic rings. The van der Waals surface area contributed by atoms with Crippen LogP contribution in [0.2, 0.25) is 0 Å². The Morgan fingerprint density at radius 1 is 1.30 bits per heavy atom. The predicted molar refractivity (Wildman–Crippen MR) is 76.7 cm³/mol. The molecule has 6 nitrogen and oxygen atoms in total. The van der Waals surface area contributed by atoms with Gasteiger partial charge in [-0.15, -0.1) is 0 Å². The summed E-state index contributed by atoms with van der Waals surface area (Å²) < 4.78 is 0. The van der Waals surface area contributed by atoms with Crippen molar-refractivity contribution in [3.8, 4) is 0 Å². The highest BCUT2D eigenvalue weighted by molar-refractivity contribution is 5.90. The summed E-state index contributed by atoms with van der Waals surface area (Å²) in [7, 11) is 3.47. The standard InChI is InChI=1S/C14H19N3O3/c1-11(13(18)15-10-16(2)3)17(14(19)20)9-12-7-5-4-6-8-12/h4-8,10-11H,9H2,1-3H3,(H,19,20)/b15-10+/t11-/m0/s1. The molecule has 6 heteroatoms. The van der Waals surface area contributed by atoms with Crippen LogP contribution in [0, 0.1) is 0 Å². The summed E-state index contributed by atoms with van der Waals surface area (Å²) in [6.07, 6.45) is 0.219. The molecular formula is C14H19N3O3. The number of amides is 2. The maximum atomic E-state index is 11.9. The summed E-state index contributed by atoms with van der Waals surface area (Å²) in [6, 6.07) is 8.30. The van der Waals surface area contributed by atoms with Crippen molar-refractivity contribution >= 4 is 18.3 Å². The van der Waals surface area contributed by atoms with Gasteiger partial charge in [0.05, 0.1) is 6.34 Å². The molecule has 20 heavy (non-hydrogen) atoms. The maximum absolute atomic E-state index is 11.9. The first-order chi connectivity index (χ1) is 9.41. The van der Waals surface area contributed by atoms with E-state index in [4.69, 9.17) is 0 Å². The Hall–Kier alpha value is -2.37. The zero-order valence-electron chi connectivity index (χ0n) is 11.9. The summed E-state index contributed by atoms with van der Waals surface area (Å²) in [4.78, 5) is 29.6. The van der Waals surface area contributed by atoms with Crippen molar-refractivity contribution in [2.75, 3.05) is 14.1 Å². The third kappa shape index (κ3) is 4.72. The van der Waals surface area contributed by atoms with Crippen LogP contribution in [0.1, 0.15) is 12.5 Å². The van der Waals surface area contributed by atoms with Crippen LogP contribution in [-0.2, 0) is 11.3 Å². The van der Waals surface area contributed by atoms with Crippen molar-refractivity contribution < 1.29 is 14.7 Å². The van der Waals surface area contributed by atoms with Crippen LogP contribution < -0.4 is 0 Å². The molecule has 1 aromatic carbocycles. The van der Waals surface area contributed by atoms with Crippen LogP contribution in [0.4, 0.5) is 4.79 Å². The molecule has 1 rings (SSSR count). The number of benzene rings is 1. The van der Waals surface area contributed by atoms with Crippen LogP contribution in [0.25, 0.3) is 0 Å². The zero-order chi connectivity index (χ0) is 15.1. The van der Waals surface area contributed by atoms with Crippen LogP contribution in [-0.4, -0.2) is 53.4 Å². The molecule has 0 saturated carbocycles. The number of hydrogen-bond acceptors (Lipinski definition) is 2. The molecule has 0 unspecified atom stereocenters. The monoisotopic (exact) mass is 277 g/mol. The highest BCUT2D eigenvalue weighted by Crippen LogP contribution is 2.09. The highest BCUT2D eigenvalue weighted by Gasteiger charge is 2.25.